The summed E-state index contributed by atoms with van der Waals surface area (Å²) in [7, 11) is -2.12. The number of nitrogens with one attached hydrogen (secondary N) is 3. The highest BCUT2D eigenvalue weighted by atomic mass is 32.2. The Hall–Kier alpha value is -4.89. The van der Waals surface area contributed by atoms with Gasteiger partial charge in [0, 0.05) is 36.0 Å². The lowest BCUT2D eigenvalue weighted by Crippen LogP contribution is -2.20. The number of amides is 2. The van der Waals surface area contributed by atoms with E-state index in [1.54, 1.807) is 61.3 Å². The molecule has 0 aliphatic heterocycles. The number of halogens is 3. The average Bonchev–Trinajstić information content (AvgIpc) is 2.89. The molecule has 5 N–H and O–H groups in total. The largest absolute Gasteiger partial charge is 0.573 e. The highest BCUT2D eigenvalue weighted by Gasteiger charge is 2.31. The Morgan fingerprint density at radius 2 is 1.51 bits per heavy atom. The Kier molecular flexibility index (Phi) is 8.30. The second-order valence-corrected chi connectivity index (χ2v) is 10.2. The topological polar surface area (TPSA) is 152 Å². The Morgan fingerprint density at radius 3 is 2.10 bits per heavy atom. The number of nitrogens with zero attached hydrogens (tertiary/aromatic N) is 3. The van der Waals surface area contributed by atoms with Crippen LogP contribution in [0.2, 0.25) is 0 Å². The zero-order valence-electron chi connectivity index (χ0n) is 21.6. The van der Waals surface area contributed by atoms with Gasteiger partial charge in [-0.1, -0.05) is 6.07 Å². The number of carbonyl (C=O) groups is 1. The van der Waals surface area contributed by atoms with Gasteiger partial charge in [0.1, 0.15) is 11.6 Å². The fourth-order valence-corrected chi connectivity index (χ4v) is 4.45. The van der Waals surface area contributed by atoms with Crippen molar-refractivity contribution in [2.24, 2.45) is 5.14 Å². The van der Waals surface area contributed by atoms with Crippen LogP contribution < -0.4 is 30.7 Å². The molecule has 4 rings (SSSR count). The molecule has 0 atom stereocenters. The Balaban J connectivity index is 1.38. The molecule has 0 aliphatic carbocycles. The highest BCUT2D eigenvalue weighted by molar-refractivity contribution is 7.89. The third-order valence-corrected chi connectivity index (χ3v) is 6.65. The molecule has 2 amide bonds. The van der Waals surface area contributed by atoms with Crippen LogP contribution in [-0.2, 0) is 10.0 Å². The number of rotatable bonds is 8. The molecule has 0 spiro atoms. The van der Waals surface area contributed by atoms with Crippen LogP contribution in [0.3, 0.4) is 0 Å². The summed E-state index contributed by atoms with van der Waals surface area (Å²) in [5.74, 6) is 0.352. The van der Waals surface area contributed by atoms with Crippen molar-refractivity contribution in [1.82, 2.24) is 9.97 Å². The molecule has 0 saturated heterocycles. The van der Waals surface area contributed by atoms with Crippen LogP contribution >= 0.6 is 0 Å². The van der Waals surface area contributed by atoms with Crippen molar-refractivity contribution in [3.8, 4) is 5.75 Å². The van der Waals surface area contributed by atoms with E-state index >= 15 is 0 Å². The molecule has 214 valence electrons. The van der Waals surface area contributed by atoms with Crippen molar-refractivity contribution >= 4 is 50.6 Å². The molecule has 0 bridgehead atoms. The molecular weight excluding hydrogens is 563 g/mol. The Labute approximate surface area is 233 Å². The normalized spacial score (nSPS) is 11.5. The van der Waals surface area contributed by atoms with Gasteiger partial charge in [-0.3, -0.25) is 0 Å². The third kappa shape index (κ3) is 8.06. The maximum atomic E-state index is 12.3. The lowest BCUT2D eigenvalue weighted by molar-refractivity contribution is -0.274. The lowest BCUT2D eigenvalue weighted by atomic mass is 10.2. The number of primary sulfonamides is 1. The first-order valence-electron chi connectivity index (χ1n) is 11.8. The van der Waals surface area contributed by atoms with Crippen LogP contribution in [0.25, 0.3) is 0 Å². The predicted molar refractivity (Wildman–Crippen MR) is 148 cm³/mol. The highest BCUT2D eigenvalue weighted by Crippen LogP contribution is 2.27. The zero-order valence-corrected chi connectivity index (χ0v) is 22.4. The molecule has 15 heteroatoms. The molecule has 0 radical (unpaired) electrons. The van der Waals surface area contributed by atoms with Crippen molar-refractivity contribution in [1.29, 1.82) is 0 Å². The number of hydrogen-bond acceptors (Lipinski definition) is 8. The number of carbonyl (C=O) groups excluding carboxylic acids is 1. The van der Waals surface area contributed by atoms with E-state index in [0.717, 1.165) is 17.8 Å². The fourth-order valence-electron chi connectivity index (χ4n) is 3.64. The first-order chi connectivity index (χ1) is 19.3. The van der Waals surface area contributed by atoms with Gasteiger partial charge in [0.05, 0.1) is 4.90 Å². The van der Waals surface area contributed by atoms with Gasteiger partial charge >= 0.3 is 12.4 Å². The number of aromatic nitrogens is 2. The van der Waals surface area contributed by atoms with Gasteiger partial charge in [0.15, 0.2) is 0 Å². The SMILES string of the molecule is Cc1ccc(Nc2nccc(N(C)c3ccc(NC(=O)Nc4ccc(OC(F)(F)F)cc4)cc3)n2)cc1S(N)(=O)=O. The molecule has 41 heavy (non-hydrogen) atoms. The van der Waals surface area contributed by atoms with E-state index in [1.807, 2.05) is 0 Å². The van der Waals surface area contributed by atoms with Crippen LogP contribution in [0.5, 0.6) is 5.75 Å². The first-order valence-corrected chi connectivity index (χ1v) is 13.3. The lowest BCUT2D eigenvalue weighted by Gasteiger charge is -2.19. The molecule has 0 fully saturated rings. The molecule has 1 heterocycles. The van der Waals surface area contributed by atoms with E-state index in [-0.39, 0.29) is 16.5 Å². The number of hydrogen-bond donors (Lipinski definition) is 4. The number of ether oxygens (including phenoxy) is 1. The standard InChI is InChI=1S/C26H24F3N7O4S/c1-16-3-4-19(15-22(16)41(30,38)39)32-24-31-14-13-23(35-24)36(2)20-9-5-17(6-10-20)33-25(37)34-18-7-11-21(12-8-18)40-26(27,28)29/h3-15H,1-2H3,(H2,30,38,39)(H,31,32,35)(H2,33,34,37). The summed E-state index contributed by atoms with van der Waals surface area (Å²) < 4.78 is 64.3. The summed E-state index contributed by atoms with van der Waals surface area (Å²) in [6.07, 6.45) is -3.26. The predicted octanol–water partition coefficient (Wildman–Crippen LogP) is 5.49. The van der Waals surface area contributed by atoms with Gasteiger partial charge in [-0.05, 0) is 79.2 Å². The van der Waals surface area contributed by atoms with Crippen LogP contribution in [0.1, 0.15) is 5.56 Å². The Morgan fingerprint density at radius 1 is 0.927 bits per heavy atom. The molecule has 1 aromatic heterocycles. The number of anilines is 6. The molecule has 4 aromatic rings. The minimum absolute atomic E-state index is 0.00778. The summed E-state index contributed by atoms with van der Waals surface area (Å²) in [5.41, 5.74) is 2.42. The van der Waals surface area contributed by atoms with Crippen molar-refractivity contribution in [2.75, 3.05) is 27.9 Å². The average molecular weight is 588 g/mol. The molecule has 0 saturated carbocycles. The smallest absolute Gasteiger partial charge is 0.406 e. The van der Waals surface area contributed by atoms with Crippen LogP contribution in [0.4, 0.5) is 52.5 Å². The van der Waals surface area contributed by atoms with E-state index < -0.39 is 28.2 Å². The molecule has 0 aliphatic rings. The third-order valence-electron chi connectivity index (χ3n) is 5.59. The van der Waals surface area contributed by atoms with Gasteiger partial charge in [-0.2, -0.15) is 4.98 Å². The molecule has 3 aromatic carbocycles. The van der Waals surface area contributed by atoms with Gasteiger partial charge in [-0.25, -0.2) is 23.3 Å². The minimum atomic E-state index is -4.80. The van der Waals surface area contributed by atoms with E-state index in [9.17, 15) is 26.4 Å². The monoisotopic (exact) mass is 587 g/mol. The zero-order chi connectivity index (χ0) is 29.8. The van der Waals surface area contributed by atoms with Gasteiger partial charge < -0.3 is 25.6 Å². The van der Waals surface area contributed by atoms with Gasteiger partial charge in [0.2, 0.25) is 16.0 Å². The van der Waals surface area contributed by atoms with Crippen molar-refractivity contribution in [3.63, 3.8) is 0 Å². The quantitative estimate of drug-likeness (QED) is 0.211. The summed E-state index contributed by atoms with van der Waals surface area (Å²) in [6, 6.07) is 17.3. The van der Waals surface area contributed by atoms with E-state index in [4.69, 9.17) is 5.14 Å². The summed E-state index contributed by atoms with van der Waals surface area (Å²) in [4.78, 5) is 22.7. The maximum Gasteiger partial charge on any atom is 0.573 e. The summed E-state index contributed by atoms with van der Waals surface area (Å²) in [5, 5.41) is 13.4. The van der Waals surface area contributed by atoms with Crippen LogP contribution in [0.15, 0.2) is 83.9 Å². The second-order valence-electron chi connectivity index (χ2n) is 8.65. The summed E-state index contributed by atoms with van der Waals surface area (Å²) >= 11 is 0. The molecular formula is C26H24F3N7O4S. The Bertz CT molecular complexity index is 1650. The number of sulfonamides is 1. The number of alkyl halides is 3. The number of aryl methyl sites for hydroxylation is 1. The van der Waals surface area contributed by atoms with Crippen molar-refractivity contribution < 1.29 is 31.1 Å². The minimum Gasteiger partial charge on any atom is -0.406 e. The molecule has 11 nitrogen and oxygen atoms in total. The summed E-state index contributed by atoms with van der Waals surface area (Å²) in [6.45, 7) is 1.64. The van der Waals surface area contributed by atoms with Crippen LogP contribution in [0, 0.1) is 6.92 Å². The van der Waals surface area contributed by atoms with Crippen molar-refractivity contribution in [3.05, 3.63) is 84.6 Å². The van der Waals surface area contributed by atoms with E-state index in [1.165, 1.54) is 24.4 Å². The maximum absolute atomic E-state index is 12.3. The first kappa shape index (κ1) is 29.1. The second kappa shape index (κ2) is 11.7. The van der Waals surface area contributed by atoms with Crippen LogP contribution in [-0.4, -0.2) is 37.8 Å². The van der Waals surface area contributed by atoms with Crippen molar-refractivity contribution in [2.45, 2.75) is 18.2 Å². The number of urea groups is 1. The van der Waals surface area contributed by atoms with E-state index in [0.29, 0.717) is 22.8 Å². The number of benzene rings is 3. The number of nitrogens with two attached hydrogens (primary N) is 1. The van der Waals surface area contributed by atoms with E-state index in [2.05, 4.69) is 30.7 Å². The molecule has 0 unspecified atom stereocenters. The van der Waals surface area contributed by atoms with Gasteiger partial charge in [-0.15, -0.1) is 13.2 Å². The fraction of sp³-hybridized carbons (Fsp3) is 0.115. The van der Waals surface area contributed by atoms with Gasteiger partial charge in [0.25, 0.3) is 0 Å².